The molecule has 1 N–H and O–H groups in total. The molecule has 1 aromatic heterocycles. The van der Waals surface area contributed by atoms with E-state index in [2.05, 4.69) is 26.1 Å². The summed E-state index contributed by atoms with van der Waals surface area (Å²) in [5.41, 5.74) is 9.41. The maximum Gasteiger partial charge on any atom is 0.271 e. The van der Waals surface area contributed by atoms with Gasteiger partial charge in [-0.05, 0) is 87.4 Å². The monoisotopic (exact) mass is 526 g/mol. The van der Waals surface area contributed by atoms with Gasteiger partial charge in [-0.1, -0.05) is 29.8 Å². The summed E-state index contributed by atoms with van der Waals surface area (Å²) in [6.45, 7) is 6.66. The second-order valence-corrected chi connectivity index (χ2v) is 9.88. The van der Waals surface area contributed by atoms with Crippen molar-refractivity contribution in [1.29, 1.82) is 0 Å². The number of ether oxygens (including phenoxy) is 1. The van der Waals surface area contributed by atoms with Crippen LogP contribution in [0.25, 0.3) is 5.69 Å². The number of halogens is 1. The average molecular weight is 527 g/mol. The van der Waals surface area contributed by atoms with Crippen LogP contribution < -0.4 is 15.1 Å². The van der Waals surface area contributed by atoms with E-state index >= 15 is 0 Å². The Hall–Kier alpha value is -4.03. The number of rotatable bonds is 8. The van der Waals surface area contributed by atoms with E-state index in [4.69, 9.17) is 16.3 Å². The van der Waals surface area contributed by atoms with Crippen LogP contribution in [-0.4, -0.2) is 29.8 Å². The highest BCUT2D eigenvalue weighted by Gasteiger charge is 2.13. The van der Waals surface area contributed by atoms with E-state index in [0.717, 1.165) is 52.7 Å². The summed E-state index contributed by atoms with van der Waals surface area (Å²) in [7, 11) is 0. The van der Waals surface area contributed by atoms with Gasteiger partial charge in [0.25, 0.3) is 5.91 Å². The van der Waals surface area contributed by atoms with Crippen LogP contribution in [0.3, 0.4) is 0 Å². The molecule has 1 fully saturated rings. The smallest absolute Gasteiger partial charge is 0.271 e. The summed E-state index contributed by atoms with van der Waals surface area (Å²) >= 11 is 6.23. The lowest BCUT2D eigenvalue weighted by Crippen LogP contribution is -2.19. The van der Waals surface area contributed by atoms with Gasteiger partial charge in [-0.15, -0.1) is 0 Å². The molecule has 0 radical (unpaired) electrons. The van der Waals surface area contributed by atoms with Crippen molar-refractivity contribution >= 4 is 29.4 Å². The number of carbonyl (C=O) groups excluding carboxylic acids is 1. The van der Waals surface area contributed by atoms with Crippen LogP contribution in [0.5, 0.6) is 5.75 Å². The number of aryl methyl sites for hydroxylation is 1. The number of hydrogen-bond donors (Lipinski definition) is 1. The first-order valence-corrected chi connectivity index (χ1v) is 13.2. The van der Waals surface area contributed by atoms with Crippen molar-refractivity contribution in [3.05, 3.63) is 112 Å². The summed E-state index contributed by atoms with van der Waals surface area (Å²) in [6.07, 6.45) is 4.14. The third kappa shape index (κ3) is 5.76. The van der Waals surface area contributed by atoms with Crippen molar-refractivity contribution in [2.45, 2.75) is 33.3 Å². The Labute approximate surface area is 228 Å². The van der Waals surface area contributed by atoms with Gasteiger partial charge in [0.2, 0.25) is 0 Å². The number of aromatic nitrogens is 1. The zero-order valence-corrected chi connectivity index (χ0v) is 22.4. The minimum absolute atomic E-state index is 0.226. The van der Waals surface area contributed by atoms with Crippen LogP contribution >= 0.6 is 11.6 Å². The van der Waals surface area contributed by atoms with Gasteiger partial charge in [-0.3, -0.25) is 4.79 Å². The molecule has 1 amide bonds. The minimum Gasteiger partial charge on any atom is -0.489 e. The van der Waals surface area contributed by atoms with E-state index in [1.165, 1.54) is 12.8 Å². The molecular weight excluding hydrogens is 496 g/mol. The SMILES string of the molecule is Cc1cc(/C=N\NC(=O)c2ccc(N3CCCC3)cc2)c(C)n1-c1ccc(OCc2ccccc2Cl)cc1. The topological polar surface area (TPSA) is 58.9 Å². The van der Waals surface area contributed by atoms with Crippen molar-refractivity contribution in [1.82, 2.24) is 9.99 Å². The molecule has 5 rings (SSSR count). The van der Waals surface area contributed by atoms with E-state index in [0.29, 0.717) is 17.2 Å². The molecule has 0 spiro atoms. The molecule has 194 valence electrons. The van der Waals surface area contributed by atoms with Crippen LogP contribution in [-0.2, 0) is 6.61 Å². The number of anilines is 1. The van der Waals surface area contributed by atoms with Crippen LogP contribution in [0.4, 0.5) is 5.69 Å². The summed E-state index contributed by atoms with van der Waals surface area (Å²) in [4.78, 5) is 14.9. The van der Waals surface area contributed by atoms with Gasteiger partial charge in [-0.2, -0.15) is 5.10 Å². The molecule has 2 heterocycles. The van der Waals surface area contributed by atoms with E-state index in [9.17, 15) is 4.79 Å². The zero-order chi connectivity index (χ0) is 26.5. The molecule has 38 heavy (non-hydrogen) atoms. The lowest BCUT2D eigenvalue weighted by molar-refractivity contribution is 0.0955. The summed E-state index contributed by atoms with van der Waals surface area (Å²) in [5, 5.41) is 4.92. The highest BCUT2D eigenvalue weighted by Crippen LogP contribution is 2.24. The fourth-order valence-electron chi connectivity index (χ4n) is 4.81. The number of carbonyl (C=O) groups is 1. The second-order valence-electron chi connectivity index (χ2n) is 9.48. The molecule has 3 aromatic carbocycles. The number of hydrogen-bond acceptors (Lipinski definition) is 4. The Bertz CT molecular complexity index is 1440. The Morgan fingerprint density at radius 2 is 1.66 bits per heavy atom. The third-order valence-electron chi connectivity index (χ3n) is 6.89. The molecule has 7 heteroatoms. The maximum atomic E-state index is 12.6. The number of amides is 1. The Morgan fingerprint density at radius 3 is 2.37 bits per heavy atom. The van der Waals surface area contributed by atoms with Crippen LogP contribution in [0.15, 0.2) is 84.0 Å². The number of benzene rings is 3. The van der Waals surface area contributed by atoms with Gasteiger partial charge in [0, 0.05) is 57.6 Å². The maximum absolute atomic E-state index is 12.6. The summed E-state index contributed by atoms with van der Waals surface area (Å²) in [6, 6.07) is 25.4. The van der Waals surface area contributed by atoms with Crippen molar-refractivity contribution in [3.63, 3.8) is 0 Å². The largest absolute Gasteiger partial charge is 0.489 e. The first-order valence-electron chi connectivity index (χ1n) is 12.8. The molecule has 1 saturated heterocycles. The Kier molecular flexibility index (Phi) is 7.80. The first kappa shape index (κ1) is 25.6. The molecule has 0 bridgehead atoms. The molecule has 0 saturated carbocycles. The minimum atomic E-state index is -0.226. The normalized spacial score (nSPS) is 13.3. The predicted octanol–water partition coefficient (Wildman–Crippen LogP) is 6.69. The molecular formula is C31H31ClN4O2. The molecule has 0 aliphatic carbocycles. The van der Waals surface area contributed by atoms with E-state index in [1.807, 2.05) is 86.6 Å². The number of nitrogens with zero attached hydrogens (tertiary/aromatic N) is 3. The third-order valence-corrected chi connectivity index (χ3v) is 7.26. The Morgan fingerprint density at radius 1 is 0.974 bits per heavy atom. The molecule has 0 atom stereocenters. The van der Waals surface area contributed by atoms with Gasteiger partial charge in [0.15, 0.2) is 0 Å². The standard InChI is InChI=1S/C31H31ClN4O2/c1-22-19-26(20-33-34-31(37)24-9-11-27(12-10-24)35-17-5-6-18-35)23(2)36(22)28-13-15-29(16-14-28)38-21-25-7-3-4-8-30(25)32/h3-4,7-16,19-20H,5-6,17-18,21H2,1-2H3,(H,34,37)/b33-20-. The quantitative estimate of drug-likeness (QED) is 0.205. The second kappa shape index (κ2) is 11.6. The van der Waals surface area contributed by atoms with Crippen molar-refractivity contribution < 1.29 is 9.53 Å². The molecule has 6 nitrogen and oxygen atoms in total. The van der Waals surface area contributed by atoms with Gasteiger partial charge < -0.3 is 14.2 Å². The lowest BCUT2D eigenvalue weighted by atomic mass is 10.2. The van der Waals surface area contributed by atoms with Gasteiger partial charge >= 0.3 is 0 Å². The number of hydrazone groups is 1. The van der Waals surface area contributed by atoms with Crippen molar-refractivity contribution in [3.8, 4) is 11.4 Å². The molecule has 4 aromatic rings. The van der Waals surface area contributed by atoms with E-state index < -0.39 is 0 Å². The van der Waals surface area contributed by atoms with Gasteiger partial charge in [-0.25, -0.2) is 5.43 Å². The average Bonchev–Trinajstić information content (AvgIpc) is 3.57. The summed E-state index contributed by atoms with van der Waals surface area (Å²) < 4.78 is 8.07. The van der Waals surface area contributed by atoms with E-state index in [-0.39, 0.29) is 5.91 Å². The Balaban J connectivity index is 1.21. The van der Waals surface area contributed by atoms with Crippen molar-refractivity contribution in [2.24, 2.45) is 5.10 Å². The fourth-order valence-corrected chi connectivity index (χ4v) is 5.00. The van der Waals surface area contributed by atoms with Crippen LogP contribution in [0, 0.1) is 13.8 Å². The highest BCUT2D eigenvalue weighted by atomic mass is 35.5. The fraction of sp³-hybridized carbons (Fsp3) is 0.226. The predicted molar refractivity (Wildman–Crippen MR) is 154 cm³/mol. The molecule has 1 aliphatic heterocycles. The van der Waals surface area contributed by atoms with E-state index in [1.54, 1.807) is 6.21 Å². The zero-order valence-electron chi connectivity index (χ0n) is 21.7. The first-order chi connectivity index (χ1) is 18.5. The highest BCUT2D eigenvalue weighted by molar-refractivity contribution is 6.31. The van der Waals surface area contributed by atoms with Gasteiger partial charge in [0.1, 0.15) is 12.4 Å². The lowest BCUT2D eigenvalue weighted by Gasteiger charge is -2.17. The van der Waals surface area contributed by atoms with Crippen LogP contribution in [0.2, 0.25) is 5.02 Å². The van der Waals surface area contributed by atoms with Crippen LogP contribution in [0.1, 0.15) is 45.7 Å². The van der Waals surface area contributed by atoms with Crippen molar-refractivity contribution in [2.75, 3.05) is 18.0 Å². The molecule has 0 unspecified atom stereocenters. The number of nitrogens with one attached hydrogen (secondary N) is 1. The summed E-state index contributed by atoms with van der Waals surface area (Å²) in [5.74, 6) is 0.546. The molecule has 1 aliphatic rings. The van der Waals surface area contributed by atoms with Gasteiger partial charge in [0.05, 0.1) is 6.21 Å².